The van der Waals surface area contributed by atoms with Crippen LogP contribution in [0.25, 0.3) is 0 Å². The van der Waals surface area contributed by atoms with Gasteiger partial charge in [-0.25, -0.2) is 0 Å². The van der Waals surface area contributed by atoms with Crippen LogP contribution in [0.15, 0.2) is 48.5 Å². The minimum absolute atomic E-state index is 0.450. The normalized spacial score (nSPS) is 12.3. The Morgan fingerprint density at radius 1 is 0.905 bits per heavy atom. The van der Waals surface area contributed by atoms with Gasteiger partial charge in [-0.05, 0) is 61.9 Å². The zero-order valence-electron chi connectivity index (χ0n) is 13.5. The highest BCUT2D eigenvalue weighted by atomic mass is 14.9. The molecule has 1 heteroatoms. The number of benzene rings is 2. The van der Waals surface area contributed by atoms with E-state index in [0.29, 0.717) is 6.04 Å². The molecule has 0 aromatic heterocycles. The quantitative estimate of drug-likeness (QED) is 0.755. The molecule has 0 heterocycles. The fourth-order valence-corrected chi connectivity index (χ4v) is 2.85. The molecule has 0 saturated carbocycles. The molecule has 0 amide bonds. The Morgan fingerprint density at radius 2 is 1.57 bits per heavy atom. The predicted molar refractivity (Wildman–Crippen MR) is 91.7 cm³/mol. The van der Waals surface area contributed by atoms with Crippen LogP contribution in [-0.2, 0) is 6.42 Å². The van der Waals surface area contributed by atoms with E-state index in [-0.39, 0.29) is 0 Å². The second kappa shape index (κ2) is 7.99. The molecule has 21 heavy (non-hydrogen) atoms. The van der Waals surface area contributed by atoms with Crippen LogP contribution in [-0.4, -0.2) is 6.54 Å². The van der Waals surface area contributed by atoms with Gasteiger partial charge in [-0.1, -0.05) is 55.5 Å². The summed E-state index contributed by atoms with van der Waals surface area (Å²) in [6, 6.07) is 17.9. The summed E-state index contributed by atoms with van der Waals surface area (Å²) < 4.78 is 0. The molecule has 0 fully saturated rings. The Balaban J connectivity index is 2.10. The first-order valence-electron chi connectivity index (χ1n) is 8.05. The molecule has 0 saturated heterocycles. The summed E-state index contributed by atoms with van der Waals surface area (Å²) in [5, 5.41) is 3.72. The molecule has 1 nitrogen and oxygen atoms in total. The number of aryl methyl sites for hydroxylation is 3. The van der Waals surface area contributed by atoms with Crippen molar-refractivity contribution < 1.29 is 0 Å². The molecule has 2 aromatic carbocycles. The highest BCUT2D eigenvalue weighted by Gasteiger charge is 2.13. The second-order valence-electron chi connectivity index (χ2n) is 5.83. The van der Waals surface area contributed by atoms with Gasteiger partial charge in [0.1, 0.15) is 0 Å². The molecule has 0 aliphatic rings. The Kier molecular flexibility index (Phi) is 6.01. The van der Waals surface area contributed by atoms with Crippen molar-refractivity contribution in [2.75, 3.05) is 6.54 Å². The molecule has 1 unspecified atom stereocenters. The number of rotatable bonds is 7. The fraction of sp³-hybridized carbons (Fsp3) is 0.400. The molecule has 0 aliphatic carbocycles. The third-order valence-corrected chi connectivity index (χ3v) is 4.17. The fourth-order valence-electron chi connectivity index (χ4n) is 2.85. The number of hydrogen-bond acceptors (Lipinski definition) is 1. The van der Waals surface area contributed by atoms with Gasteiger partial charge in [-0.2, -0.15) is 0 Å². The average molecular weight is 281 g/mol. The summed E-state index contributed by atoms with van der Waals surface area (Å²) >= 11 is 0. The Labute approximate surface area is 129 Å². The largest absolute Gasteiger partial charge is 0.310 e. The van der Waals surface area contributed by atoms with Crippen molar-refractivity contribution in [3.63, 3.8) is 0 Å². The summed E-state index contributed by atoms with van der Waals surface area (Å²) in [5.41, 5.74) is 5.70. The van der Waals surface area contributed by atoms with Crippen LogP contribution < -0.4 is 5.32 Å². The van der Waals surface area contributed by atoms with Gasteiger partial charge in [0.25, 0.3) is 0 Å². The van der Waals surface area contributed by atoms with Gasteiger partial charge in [-0.3, -0.25) is 0 Å². The van der Waals surface area contributed by atoms with Gasteiger partial charge in [0.15, 0.2) is 0 Å². The first-order valence-corrected chi connectivity index (χ1v) is 8.05. The maximum absolute atomic E-state index is 3.72. The Bertz CT molecular complexity index is 559. The molecule has 112 valence electrons. The van der Waals surface area contributed by atoms with Crippen molar-refractivity contribution in [1.82, 2.24) is 5.32 Å². The maximum Gasteiger partial charge on any atom is 0.0326 e. The van der Waals surface area contributed by atoms with Gasteiger partial charge in [0.05, 0.1) is 0 Å². The van der Waals surface area contributed by atoms with E-state index in [0.717, 1.165) is 19.4 Å². The minimum atomic E-state index is 0.450. The van der Waals surface area contributed by atoms with E-state index >= 15 is 0 Å². The zero-order valence-corrected chi connectivity index (χ0v) is 13.5. The summed E-state index contributed by atoms with van der Waals surface area (Å²) in [6.45, 7) is 7.72. The smallest absolute Gasteiger partial charge is 0.0326 e. The van der Waals surface area contributed by atoms with Gasteiger partial charge in [-0.15, -0.1) is 0 Å². The van der Waals surface area contributed by atoms with Crippen LogP contribution in [0.4, 0.5) is 0 Å². The van der Waals surface area contributed by atoms with Crippen molar-refractivity contribution in [2.24, 2.45) is 0 Å². The van der Waals surface area contributed by atoms with Crippen molar-refractivity contribution in [3.05, 3.63) is 70.8 Å². The SMILES string of the molecule is CCCNC(CCc1ccccc1C)c1ccccc1C. The summed E-state index contributed by atoms with van der Waals surface area (Å²) in [5.74, 6) is 0. The molecule has 2 aromatic rings. The number of hydrogen-bond donors (Lipinski definition) is 1. The topological polar surface area (TPSA) is 12.0 Å². The third kappa shape index (κ3) is 4.44. The molecule has 0 aliphatic heterocycles. The van der Waals surface area contributed by atoms with E-state index in [1.165, 1.54) is 28.7 Å². The minimum Gasteiger partial charge on any atom is -0.310 e. The van der Waals surface area contributed by atoms with E-state index in [9.17, 15) is 0 Å². The van der Waals surface area contributed by atoms with E-state index in [1.807, 2.05) is 0 Å². The zero-order chi connectivity index (χ0) is 15.1. The Morgan fingerprint density at radius 3 is 2.24 bits per heavy atom. The third-order valence-electron chi connectivity index (χ3n) is 4.17. The maximum atomic E-state index is 3.72. The molecule has 0 spiro atoms. The highest BCUT2D eigenvalue weighted by Crippen LogP contribution is 2.23. The van der Waals surface area contributed by atoms with E-state index in [2.05, 4.69) is 74.6 Å². The van der Waals surface area contributed by atoms with Gasteiger partial charge in [0.2, 0.25) is 0 Å². The standard InChI is InChI=1S/C20H27N/c1-4-15-21-20(19-12-8-6-10-17(19)3)14-13-18-11-7-5-9-16(18)2/h5-12,20-21H,4,13-15H2,1-3H3. The Hall–Kier alpha value is -1.60. The van der Waals surface area contributed by atoms with Crippen LogP contribution in [0.3, 0.4) is 0 Å². The molecular formula is C20H27N. The van der Waals surface area contributed by atoms with Crippen LogP contribution in [0.5, 0.6) is 0 Å². The predicted octanol–water partition coefficient (Wildman–Crippen LogP) is 4.98. The molecule has 0 bridgehead atoms. The molecule has 0 radical (unpaired) electrons. The van der Waals surface area contributed by atoms with E-state index < -0.39 is 0 Å². The van der Waals surface area contributed by atoms with Crippen LogP contribution in [0.1, 0.15) is 48.1 Å². The first kappa shape index (κ1) is 15.8. The highest BCUT2D eigenvalue weighted by molar-refractivity contribution is 5.30. The van der Waals surface area contributed by atoms with Gasteiger partial charge in [0, 0.05) is 6.04 Å². The van der Waals surface area contributed by atoms with Crippen LogP contribution in [0.2, 0.25) is 0 Å². The van der Waals surface area contributed by atoms with Crippen LogP contribution >= 0.6 is 0 Å². The lowest BCUT2D eigenvalue weighted by atomic mass is 9.94. The monoisotopic (exact) mass is 281 g/mol. The molecule has 1 atom stereocenters. The molecule has 1 N–H and O–H groups in total. The van der Waals surface area contributed by atoms with E-state index in [1.54, 1.807) is 0 Å². The van der Waals surface area contributed by atoms with Crippen molar-refractivity contribution >= 4 is 0 Å². The summed E-state index contributed by atoms with van der Waals surface area (Å²) in [7, 11) is 0. The lowest BCUT2D eigenvalue weighted by Gasteiger charge is -2.21. The molecule has 2 rings (SSSR count). The van der Waals surface area contributed by atoms with Crippen molar-refractivity contribution in [2.45, 2.75) is 46.1 Å². The second-order valence-corrected chi connectivity index (χ2v) is 5.83. The van der Waals surface area contributed by atoms with Crippen molar-refractivity contribution in [1.29, 1.82) is 0 Å². The van der Waals surface area contributed by atoms with Gasteiger partial charge >= 0.3 is 0 Å². The lowest BCUT2D eigenvalue weighted by molar-refractivity contribution is 0.497. The first-order chi connectivity index (χ1) is 10.2. The van der Waals surface area contributed by atoms with Crippen molar-refractivity contribution in [3.8, 4) is 0 Å². The average Bonchev–Trinajstić information content (AvgIpc) is 2.50. The summed E-state index contributed by atoms with van der Waals surface area (Å²) in [6.07, 6.45) is 3.45. The number of nitrogens with one attached hydrogen (secondary N) is 1. The van der Waals surface area contributed by atoms with Gasteiger partial charge < -0.3 is 5.32 Å². The lowest BCUT2D eigenvalue weighted by Crippen LogP contribution is -2.23. The molecular weight excluding hydrogens is 254 g/mol. The van der Waals surface area contributed by atoms with E-state index in [4.69, 9.17) is 0 Å². The summed E-state index contributed by atoms with van der Waals surface area (Å²) in [4.78, 5) is 0. The van der Waals surface area contributed by atoms with Crippen LogP contribution in [0, 0.1) is 13.8 Å².